The summed E-state index contributed by atoms with van der Waals surface area (Å²) in [6, 6.07) is -0.771. The number of carbonyl (C=O) groups is 2. The van der Waals surface area contributed by atoms with Crippen LogP contribution in [-0.2, 0) is 9.59 Å². The van der Waals surface area contributed by atoms with Gasteiger partial charge in [0.1, 0.15) is 0 Å². The first-order chi connectivity index (χ1) is 4.95. The summed E-state index contributed by atoms with van der Waals surface area (Å²) in [5.41, 5.74) is 0. The van der Waals surface area contributed by atoms with Gasteiger partial charge in [0.05, 0.1) is 0 Å². The average Bonchev–Trinajstić information content (AvgIpc) is 1.81. The Balaban J connectivity index is 4.12. The standard InChI is InChI=1S/C6H10GeNO3/c1-3(7)5(6(10)11)8-4(2)9/h3,5H,1-2H3,(H,8,9)(H,10,11). The van der Waals surface area contributed by atoms with Crippen molar-refractivity contribution in [1.82, 2.24) is 5.32 Å². The second kappa shape index (κ2) is 4.38. The van der Waals surface area contributed by atoms with Crippen LogP contribution in [0.1, 0.15) is 13.8 Å². The summed E-state index contributed by atoms with van der Waals surface area (Å²) < 4.78 is -0.0867. The van der Waals surface area contributed by atoms with E-state index < -0.39 is 12.0 Å². The Morgan fingerprint density at radius 2 is 2.00 bits per heavy atom. The zero-order valence-corrected chi connectivity index (χ0v) is 8.52. The number of carbonyl (C=O) groups excluding carboxylic acids is 1. The Morgan fingerprint density at radius 3 is 2.09 bits per heavy atom. The molecule has 0 aliphatic rings. The Morgan fingerprint density at radius 1 is 1.55 bits per heavy atom. The fourth-order valence-electron chi connectivity index (χ4n) is 0.620. The fraction of sp³-hybridized carbons (Fsp3) is 0.667. The second-order valence-electron chi connectivity index (χ2n) is 2.31. The third kappa shape index (κ3) is 4.03. The van der Waals surface area contributed by atoms with E-state index in [1.165, 1.54) is 6.92 Å². The van der Waals surface area contributed by atoms with Crippen LogP contribution in [0.4, 0.5) is 0 Å². The van der Waals surface area contributed by atoms with Crippen LogP contribution in [0.25, 0.3) is 0 Å². The molecule has 0 fully saturated rings. The number of nitrogens with one attached hydrogen (secondary N) is 1. The summed E-state index contributed by atoms with van der Waals surface area (Å²) in [5, 5.41) is 10.9. The van der Waals surface area contributed by atoms with Crippen LogP contribution < -0.4 is 5.32 Å². The van der Waals surface area contributed by atoms with Gasteiger partial charge in [0.25, 0.3) is 0 Å². The predicted molar refractivity (Wildman–Crippen MR) is 40.4 cm³/mol. The van der Waals surface area contributed by atoms with Crippen molar-refractivity contribution in [3.63, 3.8) is 0 Å². The van der Waals surface area contributed by atoms with Gasteiger partial charge in [-0.15, -0.1) is 0 Å². The Labute approximate surface area is 73.6 Å². The Hall–Kier alpha value is -0.517. The predicted octanol–water partition coefficient (Wildman–Crippen LogP) is -0.447. The molecule has 11 heavy (non-hydrogen) atoms. The summed E-state index contributed by atoms with van der Waals surface area (Å²) in [5.74, 6) is -1.30. The number of rotatable bonds is 3. The van der Waals surface area contributed by atoms with Crippen LogP contribution in [0.15, 0.2) is 0 Å². The summed E-state index contributed by atoms with van der Waals surface area (Å²) in [6.07, 6.45) is 0. The topological polar surface area (TPSA) is 66.4 Å². The van der Waals surface area contributed by atoms with Crippen LogP contribution in [-0.4, -0.2) is 39.5 Å². The SMILES string of the molecule is CC(=O)NC(C(=O)O)[CH](C)[Ge]. The number of carboxylic acids is 1. The molecule has 3 radical (unpaired) electrons. The van der Waals surface area contributed by atoms with Crippen molar-refractivity contribution in [2.75, 3.05) is 0 Å². The van der Waals surface area contributed by atoms with Crippen LogP contribution in [0.5, 0.6) is 0 Å². The average molecular weight is 217 g/mol. The zero-order chi connectivity index (χ0) is 9.02. The molecule has 61 valence electrons. The third-order valence-corrected chi connectivity index (χ3v) is 1.82. The number of hydrogen-bond donors (Lipinski definition) is 2. The molecule has 2 N–H and O–H groups in total. The van der Waals surface area contributed by atoms with Crippen molar-refractivity contribution >= 4 is 28.4 Å². The first-order valence-corrected chi connectivity index (χ1v) is 4.37. The molecule has 2 atom stereocenters. The second-order valence-corrected chi connectivity index (χ2v) is 4.22. The van der Waals surface area contributed by atoms with Crippen LogP contribution in [0, 0.1) is 0 Å². The fourth-order valence-corrected chi connectivity index (χ4v) is 1.09. The first-order valence-electron chi connectivity index (χ1n) is 3.16. The summed E-state index contributed by atoms with van der Waals surface area (Å²) in [7, 11) is 0. The summed E-state index contributed by atoms with van der Waals surface area (Å²) >= 11 is 1.74. The molecule has 0 saturated heterocycles. The van der Waals surface area contributed by atoms with Crippen LogP contribution in [0.3, 0.4) is 0 Å². The van der Waals surface area contributed by atoms with E-state index in [4.69, 9.17) is 5.11 Å². The van der Waals surface area contributed by atoms with Crippen LogP contribution >= 0.6 is 0 Å². The maximum atomic E-state index is 10.5. The van der Waals surface area contributed by atoms with Crippen molar-refractivity contribution in [2.45, 2.75) is 24.6 Å². The summed E-state index contributed by atoms with van der Waals surface area (Å²) in [4.78, 5) is 21.0. The molecule has 0 aliphatic heterocycles. The Bertz CT molecular complexity index is 169. The van der Waals surface area contributed by atoms with Crippen molar-refractivity contribution < 1.29 is 14.7 Å². The molecule has 0 aromatic rings. The molecule has 0 bridgehead atoms. The van der Waals surface area contributed by atoms with E-state index >= 15 is 0 Å². The monoisotopic (exact) mass is 218 g/mol. The van der Waals surface area contributed by atoms with Crippen molar-refractivity contribution in [1.29, 1.82) is 0 Å². The Kier molecular flexibility index (Phi) is 4.17. The number of amides is 1. The number of aliphatic carboxylic acids is 1. The van der Waals surface area contributed by atoms with Crippen molar-refractivity contribution in [3.05, 3.63) is 0 Å². The van der Waals surface area contributed by atoms with Crippen molar-refractivity contribution in [2.24, 2.45) is 0 Å². The van der Waals surface area contributed by atoms with E-state index in [1.807, 2.05) is 0 Å². The molecule has 2 unspecified atom stereocenters. The quantitative estimate of drug-likeness (QED) is 0.629. The van der Waals surface area contributed by atoms with Crippen molar-refractivity contribution in [3.8, 4) is 0 Å². The van der Waals surface area contributed by atoms with Gasteiger partial charge in [0, 0.05) is 0 Å². The van der Waals surface area contributed by atoms with Gasteiger partial charge in [-0.2, -0.15) is 0 Å². The van der Waals surface area contributed by atoms with Gasteiger partial charge >= 0.3 is 73.0 Å². The van der Waals surface area contributed by atoms with Gasteiger partial charge in [-0.1, -0.05) is 0 Å². The number of hydrogen-bond acceptors (Lipinski definition) is 2. The zero-order valence-electron chi connectivity index (χ0n) is 6.42. The van der Waals surface area contributed by atoms with Gasteiger partial charge in [-0.3, -0.25) is 0 Å². The normalized spacial score (nSPS) is 15.2. The van der Waals surface area contributed by atoms with Gasteiger partial charge in [0.15, 0.2) is 0 Å². The van der Waals surface area contributed by atoms with E-state index in [1.54, 1.807) is 23.4 Å². The molecule has 0 aromatic carbocycles. The summed E-state index contributed by atoms with van der Waals surface area (Å²) in [6.45, 7) is 3.05. The molecule has 0 heterocycles. The first kappa shape index (κ1) is 10.5. The molecule has 5 heteroatoms. The molecule has 4 nitrogen and oxygen atoms in total. The molecular weight excluding hydrogens is 207 g/mol. The van der Waals surface area contributed by atoms with E-state index in [-0.39, 0.29) is 10.7 Å². The third-order valence-electron chi connectivity index (χ3n) is 1.12. The minimum atomic E-state index is -0.991. The molecule has 0 aliphatic carbocycles. The van der Waals surface area contributed by atoms with Gasteiger partial charge in [0.2, 0.25) is 0 Å². The van der Waals surface area contributed by atoms with E-state index in [9.17, 15) is 9.59 Å². The van der Waals surface area contributed by atoms with E-state index in [0.717, 1.165) is 0 Å². The maximum absolute atomic E-state index is 10.5. The van der Waals surface area contributed by atoms with E-state index in [2.05, 4.69) is 5.32 Å². The minimum absolute atomic E-state index is 0.0867. The molecule has 0 spiro atoms. The molecule has 0 saturated carbocycles. The van der Waals surface area contributed by atoms with Gasteiger partial charge in [-0.25, -0.2) is 0 Å². The number of carboxylic acid groups (broad SMARTS) is 1. The van der Waals surface area contributed by atoms with E-state index in [0.29, 0.717) is 0 Å². The van der Waals surface area contributed by atoms with Gasteiger partial charge in [-0.05, 0) is 0 Å². The molecule has 1 amide bonds. The van der Waals surface area contributed by atoms with Gasteiger partial charge < -0.3 is 0 Å². The molecule has 0 aromatic heterocycles. The van der Waals surface area contributed by atoms with Crippen LogP contribution in [0.2, 0.25) is 4.75 Å². The molecule has 0 rings (SSSR count). The molecular formula is C6H10GeNO3.